The van der Waals surface area contributed by atoms with Crippen molar-refractivity contribution in [1.82, 2.24) is 0 Å². The van der Waals surface area contributed by atoms with Gasteiger partial charge < -0.3 is 10.2 Å². The Balaban J connectivity index is 2.65. The number of hydrogen-bond acceptors (Lipinski definition) is 2. The topological polar surface area (TPSA) is 74.6 Å². The van der Waals surface area contributed by atoms with E-state index in [1.165, 1.54) is 6.08 Å². The number of hydrogen-bond donors (Lipinski definition) is 2. The van der Waals surface area contributed by atoms with Crippen molar-refractivity contribution < 1.29 is 19.8 Å². The minimum atomic E-state index is -1.17. The summed E-state index contributed by atoms with van der Waals surface area (Å²) in [5.74, 6) is -3.13. The summed E-state index contributed by atoms with van der Waals surface area (Å²) in [5.41, 5.74) is 2.24. The second kappa shape index (κ2) is 4.29. The monoisotopic (exact) mass is 246 g/mol. The third-order valence-corrected chi connectivity index (χ3v) is 3.21. The predicted molar refractivity (Wildman–Crippen MR) is 66.5 cm³/mol. The van der Waals surface area contributed by atoms with Crippen LogP contribution in [-0.4, -0.2) is 22.2 Å². The van der Waals surface area contributed by atoms with Crippen LogP contribution in [0.1, 0.15) is 42.4 Å². The van der Waals surface area contributed by atoms with Crippen molar-refractivity contribution in [1.29, 1.82) is 0 Å². The summed E-state index contributed by atoms with van der Waals surface area (Å²) in [5, 5.41) is 18.3. The molecule has 4 heteroatoms. The van der Waals surface area contributed by atoms with Gasteiger partial charge in [-0.15, -0.1) is 0 Å². The number of carboxylic acids is 2. The van der Waals surface area contributed by atoms with Gasteiger partial charge in [0.25, 0.3) is 0 Å². The minimum Gasteiger partial charge on any atom is -0.481 e. The van der Waals surface area contributed by atoms with Crippen LogP contribution in [-0.2, 0) is 9.59 Å². The van der Waals surface area contributed by atoms with Crippen LogP contribution in [0, 0.1) is 0 Å². The third-order valence-electron chi connectivity index (χ3n) is 3.21. The lowest BCUT2D eigenvalue weighted by Gasteiger charge is -2.13. The van der Waals surface area contributed by atoms with Gasteiger partial charge in [-0.2, -0.15) is 0 Å². The van der Waals surface area contributed by atoms with Crippen molar-refractivity contribution in [2.24, 2.45) is 0 Å². The molecule has 18 heavy (non-hydrogen) atoms. The van der Waals surface area contributed by atoms with Crippen LogP contribution in [0.15, 0.2) is 23.8 Å². The van der Waals surface area contributed by atoms with Crippen LogP contribution in [0.3, 0.4) is 0 Å². The highest BCUT2D eigenvalue weighted by molar-refractivity contribution is 6.04. The molecule has 0 aliphatic heterocycles. The quantitative estimate of drug-likeness (QED) is 0.859. The minimum absolute atomic E-state index is 0.0643. The van der Waals surface area contributed by atoms with Gasteiger partial charge in [0.1, 0.15) is 5.92 Å². The average Bonchev–Trinajstić information content (AvgIpc) is 2.67. The van der Waals surface area contributed by atoms with Crippen LogP contribution >= 0.6 is 0 Å². The van der Waals surface area contributed by atoms with Crippen molar-refractivity contribution in [2.45, 2.75) is 25.7 Å². The molecule has 0 fully saturated rings. The normalized spacial score (nSPS) is 17.5. The van der Waals surface area contributed by atoms with Crippen LogP contribution < -0.4 is 0 Å². The summed E-state index contributed by atoms with van der Waals surface area (Å²) in [6, 6.07) is 5.37. The zero-order chi connectivity index (χ0) is 13.4. The molecule has 0 radical (unpaired) electrons. The SMILES string of the molecule is CC(C)c1cccc2c1C=C(C(=O)O)C2C(=O)O. The van der Waals surface area contributed by atoms with Gasteiger partial charge in [0, 0.05) is 0 Å². The van der Waals surface area contributed by atoms with Gasteiger partial charge in [-0.25, -0.2) is 4.79 Å². The summed E-state index contributed by atoms with van der Waals surface area (Å²) in [7, 11) is 0. The van der Waals surface area contributed by atoms with Gasteiger partial charge in [-0.3, -0.25) is 4.79 Å². The first-order chi connectivity index (χ1) is 8.43. The van der Waals surface area contributed by atoms with Crippen LogP contribution in [0.5, 0.6) is 0 Å². The molecule has 0 amide bonds. The summed E-state index contributed by atoms with van der Waals surface area (Å²) >= 11 is 0. The van der Waals surface area contributed by atoms with E-state index in [1.807, 2.05) is 19.9 Å². The Morgan fingerprint density at radius 1 is 1.22 bits per heavy atom. The Bertz CT molecular complexity index is 555. The summed E-state index contributed by atoms with van der Waals surface area (Å²) in [4.78, 5) is 22.4. The van der Waals surface area contributed by atoms with Gasteiger partial charge in [-0.1, -0.05) is 32.0 Å². The number of fused-ring (bicyclic) bond motifs is 1. The standard InChI is InChI=1S/C14H14O4/c1-7(2)8-4-3-5-9-10(8)6-11(13(15)16)12(9)14(17)18/h3-7,12H,1-2H3,(H,15,16)(H,17,18). The van der Waals surface area contributed by atoms with E-state index in [-0.39, 0.29) is 11.5 Å². The third kappa shape index (κ3) is 1.79. The first-order valence-electron chi connectivity index (χ1n) is 5.74. The lowest BCUT2D eigenvalue weighted by atomic mass is 9.91. The number of benzene rings is 1. The Hall–Kier alpha value is -2.10. The molecule has 0 bridgehead atoms. The molecule has 0 saturated heterocycles. The molecule has 0 aromatic heterocycles. The molecule has 1 aromatic rings. The molecular formula is C14H14O4. The summed E-state index contributed by atoms with van der Waals surface area (Å²) in [6.07, 6.45) is 1.49. The smallest absolute Gasteiger partial charge is 0.332 e. The van der Waals surface area contributed by atoms with E-state index in [4.69, 9.17) is 5.11 Å². The molecule has 1 aliphatic rings. The van der Waals surface area contributed by atoms with Crippen LogP contribution in [0.4, 0.5) is 0 Å². The second-order valence-electron chi connectivity index (χ2n) is 4.68. The van der Waals surface area contributed by atoms with Gasteiger partial charge in [0.05, 0.1) is 5.57 Å². The molecule has 2 rings (SSSR count). The lowest BCUT2D eigenvalue weighted by molar-refractivity contribution is -0.141. The molecule has 0 saturated carbocycles. The van der Waals surface area contributed by atoms with Crippen LogP contribution in [0.25, 0.3) is 6.08 Å². The van der Waals surface area contributed by atoms with Gasteiger partial charge >= 0.3 is 11.9 Å². The fraction of sp³-hybridized carbons (Fsp3) is 0.286. The maximum atomic E-state index is 11.3. The van der Waals surface area contributed by atoms with E-state index in [1.54, 1.807) is 12.1 Å². The Morgan fingerprint density at radius 3 is 2.39 bits per heavy atom. The number of aliphatic carboxylic acids is 2. The number of rotatable bonds is 3. The zero-order valence-electron chi connectivity index (χ0n) is 10.2. The molecule has 1 aromatic carbocycles. The van der Waals surface area contributed by atoms with Crippen molar-refractivity contribution >= 4 is 18.0 Å². The molecule has 2 N–H and O–H groups in total. The Morgan fingerprint density at radius 2 is 1.89 bits per heavy atom. The van der Waals surface area contributed by atoms with Crippen molar-refractivity contribution in [3.63, 3.8) is 0 Å². The van der Waals surface area contributed by atoms with Gasteiger partial charge in [-0.05, 0) is 28.7 Å². The maximum absolute atomic E-state index is 11.3. The number of carbonyl (C=O) groups is 2. The van der Waals surface area contributed by atoms with Crippen molar-refractivity contribution in [2.75, 3.05) is 0 Å². The fourth-order valence-electron chi connectivity index (χ4n) is 2.38. The lowest BCUT2D eigenvalue weighted by Crippen LogP contribution is -2.16. The molecule has 0 heterocycles. The second-order valence-corrected chi connectivity index (χ2v) is 4.68. The Kier molecular flexibility index (Phi) is 2.95. The highest BCUT2D eigenvalue weighted by Gasteiger charge is 2.36. The van der Waals surface area contributed by atoms with Crippen LogP contribution in [0.2, 0.25) is 0 Å². The largest absolute Gasteiger partial charge is 0.481 e. The van der Waals surface area contributed by atoms with E-state index in [0.29, 0.717) is 5.56 Å². The molecule has 4 nitrogen and oxygen atoms in total. The van der Waals surface area contributed by atoms with Crippen molar-refractivity contribution in [3.05, 3.63) is 40.5 Å². The van der Waals surface area contributed by atoms with E-state index in [9.17, 15) is 14.7 Å². The van der Waals surface area contributed by atoms with E-state index in [0.717, 1.165) is 11.1 Å². The van der Waals surface area contributed by atoms with Gasteiger partial charge in [0.2, 0.25) is 0 Å². The Labute approximate surface area is 105 Å². The summed E-state index contributed by atoms with van der Waals surface area (Å²) in [6.45, 7) is 4.00. The molecule has 1 atom stereocenters. The summed E-state index contributed by atoms with van der Waals surface area (Å²) < 4.78 is 0. The molecular weight excluding hydrogens is 232 g/mol. The molecule has 1 aliphatic carbocycles. The van der Waals surface area contributed by atoms with Crippen molar-refractivity contribution in [3.8, 4) is 0 Å². The zero-order valence-corrected chi connectivity index (χ0v) is 10.2. The molecule has 0 spiro atoms. The highest BCUT2D eigenvalue weighted by atomic mass is 16.4. The maximum Gasteiger partial charge on any atom is 0.332 e. The van der Waals surface area contributed by atoms with E-state index < -0.39 is 17.9 Å². The number of carboxylic acid groups (broad SMARTS) is 2. The van der Waals surface area contributed by atoms with E-state index >= 15 is 0 Å². The highest BCUT2D eigenvalue weighted by Crippen LogP contribution is 2.40. The average molecular weight is 246 g/mol. The van der Waals surface area contributed by atoms with E-state index in [2.05, 4.69) is 0 Å². The molecule has 1 unspecified atom stereocenters. The first-order valence-corrected chi connectivity index (χ1v) is 5.74. The predicted octanol–water partition coefficient (Wildman–Crippen LogP) is 2.46. The first kappa shape index (κ1) is 12.4. The van der Waals surface area contributed by atoms with Gasteiger partial charge in [0.15, 0.2) is 0 Å². The fourth-order valence-corrected chi connectivity index (χ4v) is 2.38. The molecule has 94 valence electrons.